The molecule has 0 bridgehead atoms. The van der Waals surface area contributed by atoms with E-state index in [2.05, 4.69) is 22.6 Å². The van der Waals surface area contributed by atoms with Crippen molar-refractivity contribution in [3.63, 3.8) is 0 Å². The molecule has 1 amide bonds. The van der Waals surface area contributed by atoms with Crippen LogP contribution in [0.3, 0.4) is 0 Å². The third kappa shape index (κ3) is 2.85. The van der Waals surface area contributed by atoms with Crippen LogP contribution in [0.4, 0.5) is 0 Å². The Kier molecular flexibility index (Phi) is 4.14. The molecule has 5 heteroatoms. The highest BCUT2D eigenvalue weighted by Gasteiger charge is 2.27. The van der Waals surface area contributed by atoms with E-state index in [0.29, 0.717) is 23.9 Å². The summed E-state index contributed by atoms with van der Waals surface area (Å²) in [7, 11) is 0. The zero-order valence-electron chi connectivity index (χ0n) is 9.20. The Labute approximate surface area is 119 Å². The molecule has 1 saturated heterocycles. The van der Waals surface area contributed by atoms with E-state index in [4.69, 9.17) is 11.6 Å². The van der Waals surface area contributed by atoms with E-state index in [-0.39, 0.29) is 11.7 Å². The Bertz CT molecular complexity index is 439. The molecule has 1 aromatic carbocycles. The number of hydrogen-bond acceptors (Lipinski definition) is 2. The number of benzene rings is 1. The summed E-state index contributed by atoms with van der Waals surface area (Å²) in [6.45, 7) is 1.41. The van der Waals surface area contributed by atoms with E-state index in [9.17, 15) is 9.90 Å². The molecule has 1 unspecified atom stereocenters. The average Bonchev–Trinajstić information content (AvgIpc) is 2.80. The molecular formula is C12H13ClINO2. The van der Waals surface area contributed by atoms with Crippen molar-refractivity contribution in [1.29, 1.82) is 0 Å². The number of aromatic hydroxyl groups is 1. The Morgan fingerprint density at radius 1 is 1.59 bits per heavy atom. The molecule has 92 valence electrons. The zero-order chi connectivity index (χ0) is 12.4. The van der Waals surface area contributed by atoms with Crippen molar-refractivity contribution >= 4 is 40.1 Å². The van der Waals surface area contributed by atoms with Crippen molar-refractivity contribution < 1.29 is 9.90 Å². The SMILES string of the molecule is O=C(c1cc(I)ccc1O)N1CCC(CCl)C1. The Balaban J connectivity index is 2.17. The number of alkyl halides is 1. The minimum absolute atomic E-state index is 0.0461. The van der Waals surface area contributed by atoms with Gasteiger partial charge in [-0.15, -0.1) is 11.6 Å². The second-order valence-corrected chi connectivity index (χ2v) is 5.78. The molecule has 1 aliphatic heterocycles. The van der Waals surface area contributed by atoms with Crippen molar-refractivity contribution in [2.75, 3.05) is 19.0 Å². The van der Waals surface area contributed by atoms with Crippen molar-refractivity contribution in [1.82, 2.24) is 4.90 Å². The number of carbonyl (C=O) groups is 1. The molecule has 1 atom stereocenters. The van der Waals surface area contributed by atoms with Crippen molar-refractivity contribution in [3.05, 3.63) is 27.3 Å². The van der Waals surface area contributed by atoms with Gasteiger partial charge in [0.15, 0.2) is 0 Å². The first-order valence-electron chi connectivity index (χ1n) is 5.45. The van der Waals surface area contributed by atoms with E-state index in [0.717, 1.165) is 16.5 Å². The van der Waals surface area contributed by atoms with Gasteiger partial charge in [0, 0.05) is 22.5 Å². The summed E-state index contributed by atoms with van der Waals surface area (Å²) in [6.07, 6.45) is 0.944. The van der Waals surface area contributed by atoms with Crippen molar-refractivity contribution in [2.24, 2.45) is 5.92 Å². The number of likely N-dealkylation sites (tertiary alicyclic amines) is 1. The predicted octanol–water partition coefficient (Wildman–Crippen LogP) is 2.70. The predicted molar refractivity (Wildman–Crippen MR) is 75.6 cm³/mol. The summed E-state index contributed by atoms with van der Waals surface area (Å²) < 4.78 is 0.942. The number of phenols is 1. The standard InChI is InChI=1S/C12H13ClINO2/c13-6-8-3-4-15(7-8)12(17)10-5-9(14)1-2-11(10)16/h1-2,5,8,16H,3-4,6-7H2. The third-order valence-electron chi connectivity index (χ3n) is 2.98. The number of carbonyl (C=O) groups excluding carboxylic acids is 1. The quantitative estimate of drug-likeness (QED) is 0.647. The first-order valence-corrected chi connectivity index (χ1v) is 7.07. The lowest BCUT2D eigenvalue weighted by Gasteiger charge is -2.17. The molecular weight excluding hydrogens is 352 g/mol. The Hall–Kier alpha value is -0.490. The summed E-state index contributed by atoms with van der Waals surface area (Å²) in [4.78, 5) is 14.0. The lowest BCUT2D eigenvalue weighted by atomic mass is 10.1. The van der Waals surface area contributed by atoms with E-state index < -0.39 is 0 Å². The van der Waals surface area contributed by atoms with Gasteiger partial charge >= 0.3 is 0 Å². The number of rotatable bonds is 2. The monoisotopic (exact) mass is 365 g/mol. The van der Waals surface area contributed by atoms with Crippen LogP contribution in [0.5, 0.6) is 5.75 Å². The van der Waals surface area contributed by atoms with E-state index in [1.165, 1.54) is 0 Å². The topological polar surface area (TPSA) is 40.5 Å². The summed E-state index contributed by atoms with van der Waals surface area (Å²) in [5.41, 5.74) is 0.382. The first-order chi connectivity index (χ1) is 8.11. The van der Waals surface area contributed by atoms with Gasteiger partial charge in [-0.05, 0) is 53.1 Å². The number of hydrogen-bond donors (Lipinski definition) is 1. The van der Waals surface area contributed by atoms with Crippen LogP contribution in [0.2, 0.25) is 0 Å². The normalized spacial score (nSPS) is 19.6. The van der Waals surface area contributed by atoms with Gasteiger partial charge in [0.25, 0.3) is 5.91 Å². The number of nitrogens with zero attached hydrogens (tertiary/aromatic N) is 1. The Morgan fingerprint density at radius 2 is 2.35 bits per heavy atom. The van der Waals surface area contributed by atoms with Gasteiger partial charge in [0.05, 0.1) is 5.56 Å². The fourth-order valence-electron chi connectivity index (χ4n) is 1.99. The van der Waals surface area contributed by atoms with Crippen LogP contribution in [0.1, 0.15) is 16.8 Å². The molecule has 0 saturated carbocycles. The molecule has 2 rings (SSSR count). The molecule has 1 N–H and O–H groups in total. The van der Waals surface area contributed by atoms with Crippen LogP contribution in [0.15, 0.2) is 18.2 Å². The highest BCUT2D eigenvalue weighted by molar-refractivity contribution is 14.1. The molecule has 0 aromatic heterocycles. The summed E-state index contributed by atoms with van der Waals surface area (Å²) in [5.74, 6) is 0.908. The van der Waals surface area contributed by atoms with E-state index in [1.54, 1.807) is 23.1 Å². The number of phenolic OH excluding ortho intramolecular Hbond substituents is 1. The minimum atomic E-state index is -0.103. The van der Waals surface area contributed by atoms with Crippen LogP contribution in [0.25, 0.3) is 0 Å². The van der Waals surface area contributed by atoms with Crippen LogP contribution in [-0.2, 0) is 0 Å². The van der Waals surface area contributed by atoms with Gasteiger partial charge in [-0.2, -0.15) is 0 Å². The van der Waals surface area contributed by atoms with Gasteiger partial charge in [-0.25, -0.2) is 0 Å². The lowest BCUT2D eigenvalue weighted by molar-refractivity contribution is 0.0785. The van der Waals surface area contributed by atoms with Gasteiger partial charge in [-0.1, -0.05) is 0 Å². The molecule has 1 fully saturated rings. The summed E-state index contributed by atoms with van der Waals surface area (Å²) >= 11 is 7.92. The first kappa shape index (κ1) is 13.0. The molecule has 3 nitrogen and oxygen atoms in total. The lowest BCUT2D eigenvalue weighted by Crippen LogP contribution is -2.29. The molecule has 17 heavy (non-hydrogen) atoms. The second kappa shape index (κ2) is 5.44. The smallest absolute Gasteiger partial charge is 0.257 e. The van der Waals surface area contributed by atoms with Crippen molar-refractivity contribution in [2.45, 2.75) is 6.42 Å². The highest BCUT2D eigenvalue weighted by atomic mass is 127. The van der Waals surface area contributed by atoms with Crippen LogP contribution in [-0.4, -0.2) is 34.9 Å². The van der Waals surface area contributed by atoms with Crippen LogP contribution in [0, 0.1) is 9.49 Å². The molecule has 1 aromatic rings. The molecule has 0 aliphatic carbocycles. The second-order valence-electron chi connectivity index (χ2n) is 4.22. The van der Waals surface area contributed by atoms with Crippen LogP contribution < -0.4 is 0 Å². The van der Waals surface area contributed by atoms with Gasteiger partial charge < -0.3 is 10.0 Å². The molecule has 0 radical (unpaired) electrons. The number of amides is 1. The van der Waals surface area contributed by atoms with Gasteiger partial charge in [0.2, 0.25) is 0 Å². The van der Waals surface area contributed by atoms with Crippen molar-refractivity contribution in [3.8, 4) is 5.75 Å². The fraction of sp³-hybridized carbons (Fsp3) is 0.417. The Morgan fingerprint density at radius 3 is 3.00 bits per heavy atom. The summed E-state index contributed by atoms with van der Waals surface area (Å²) in [6, 6.07) is 5.05. The van der Waals surface area contributed by atoms with E-state index in [1.807, 2.05) is 0 Å². The minimum Gasteiger partial charge on any atom is -0.507 e. The summed E-state index contributed by atoms with van der Waals surface area (Å²) in [5, 5.41) is 9.71. The average molecular weight is 366 g/mol. The maximum atomic E-state index is 12.2. The molecule has 0 spiro atoms. The maximum Gasteiger partial charge on any atom is 0.257 e. The molecule has 1 heterocycles. The largest absolute Gasteiger partial charge is 0.507 e. The van der Waals surface area contributed by atoms with Gasteiger partial charge in [0.1, 0.15) is 5.75 Å². The van der Waals surface area contributed by atoms with Crippen LogP contribution >= 0.6 is 34.2 Å². The van der Waals surface area contributed by atoms with Gasteiger partial charge in [-0.3, -0.25) is 4.79 Å². The highest BCUT2D eigenvalue weighted by Crippen LogP contribution is 2.25. The van der Waals surface area contributed by atoms with E-state index >= 15 is 0 Å². The maximum absolute atomic E-state index is 12.2. The zero-order valence-corrected chi connectivity index (χ0v) is 12.1. The molecule has 1 aliphatic rings. The number of halogens is 2. The fourth-order valence-corrected chi connectivity index (χ4v) is 2.74. The third-order valence-corrected chi connectivity index (χ3v) is 4.09.